The Morgan fingerprint density at radius 2 is 2.21 bits per heavy atom. The molecule has 0 spiro atoms. The van der Waals surface area contributed by atoms with Gasteiger partial charge in [-0.2, -0.15) is 0 Å². The van der Waals surface area contributed by atoms with Gasteiger partial charge in [0.15, 0.2) is 0 Å². The molecule has 2 nitrogen and oxygen atoms in total. The van der Waals surface area contributed by atoms with Gasteiger partial charge in [-0.05, 0) is 24.1 Å². The molecule has 0 saturated carbocycles. The molecule has 0 aliphatic carbocycles. The molecule has 0 aliphatic heterocycles. The number of aromatic nitrogens is 1. The standard InChI is InChI=1S/C9H10ClF2NO/c1-5-2-6(4-14)13-8(9(11)12)7(5)3-10/h2,9,14H,3-4H2,1H3. The summed E-state index contributed by atoms with van der Waals surface area (Å²) >= 11 is 5.54. The third-order valence-corrected chi connectivity index (χ3v) is 2.20. The lowest BCUT2D eigenvalue weighted by Crippen LogP contribution is -2.03. The van der Waals surface area contributed by atoms with Crippen molar-refractivity contribution >= 4 is 11.6 Å². The molecule has 0 aliphatic rings. The number of hydrogen-bond donors (Lipinski definition) is 1. The Kier molecular flexibility index (Phi) is 3.77. The molecule has 0 bridgehead atoms. The zero-order valence-electron chi connectivity index (χ0n) is 7.60. The average Bonchev–Trinajstić information content (AvgIpc) is 2.16. The maximum atomic E-state index is 12.5. The van der Waals surface area contributed by atoms with Crippen molar-refractivity contribution in [2.45, 2.75) is 25.8 Å². The monoisotopic (exact) mass is 221 g/mol. The highest BCUT2D eigenvalue weighted by atomic mass is 35.5. The Balaban J connectivity index is 3.28. The minimum Gasteiger partial charge on any atom is -0.390 e. The van der Waals surface area contributed by atoms with Crippen molar-refractivity contribution < 1.29 is 13.9 Å². The molecule has 1 rings (SSSR count). The van der Waals surface area contributed by atoms with E-state index in [2.05, 4.69) is 4.98 Å². The number of aryl methyl sites for hydroxylation is 1. The molecule has 1 N–H and O–H groups in total. The van der Waals surface area contributed by atoms with Gasteiger partial charge in [0.1, 0.15) is 5.69 Å². The van der Waals surface area contributed by atoms with E-state index in [0.29, 0.717) is 11.1 Å². The maximum Gasteiger partial charge on any atom is 0.280 e. The Hall–Kier alpha value is -0.740. The lowest BCUT2D eigenvalue weighted by atomic mass is 10.1. The van der Waals surface area contributed by atoms with Crippen molar-refractivity contribution in [3.63, 3.8) is 0 Å². The van der Waals surface area contributed by atoms with Crippen molar-refractivity contribution in [2.75, 3.05) is 0 Å². The van der Waals surface area contributed by atoms with Gasteiger partial charge < -0.3 is 5.11 Å². The molecule has 0 saturated heterocycles. The van der Waals surface area contributed by atoms with Crippen LogP contribution in [-0.2, 0) is 12.5 Å². The van der Waals surface area contributed by atoms with E-state index in [1.807, 2.05) is 0 Å². The molecule has 1 heterocycles. The summed E-state index contributed by atoms with van der Waals surface area (Å²) in [6.45, 7) is 1.33. The van der Waals surface area contributed by atoms with Gasteiger partial charge in [-0.3, -0.25) is 0 Å². The third-order valence-electron chi connectivity index (χ3n) is 1.93. The summed E-state index contributed by atoms with van der Waals surface area (Å²) in [6, 6.07) is 1.56. The molecule has 0 radical (unpaired) electrons. The largest absolute Gasteiger partial charge is 0.390 e. The molecule has 0 unspecified atom stereocenters. The summed E-state index contributed by atoms with van der Waals surface area (Å²) in [5.74, 6) is 0.00418. The van der Waals surface area contributed by atoms with Crippen LogP contribution in [0.15, 0.2) is 6.07 Å². The molecular weight excluding hydrogens is 212 g/mol. The van der Waals surface area contributed by atoms with Crippen molar-refractivity contribution in [3.05, 3.63) is 28.6 Å². The fourth-order valence-corrected chi connectivity index (χ4v) is 1.58. The third kappa shape index (κ3) is 2.19. The topological polar surface area (TPSA) is 33.1 Å². The van der Waals surface area contributed by atoms with Gasteiger partial charge >= 0.3 is 0 Å². The van der Waals surface area contributed by atoms with E-state index < -0.39 is 6.43 Å². The zero-order chi connectivity index (χ0) is 10.7. The highest BCUT2D eigenvalue weighted by molar-refractivity contribution is 6.17. The Labute approximate surface area is 85.5 Å². The number of aliphatic hydroxyl groups is 1. The number of pyridine rings is 1. The number of nitrogens with zero attached hydrogens (tertiary/aromatic N) is 1. The summed E-state index contributed by atoms with van der Waals surface area (Å²) in [7, 11) is 0. The predicted octanol–water partition coefficient (Wildman–Crippen LogP) is 2.56. The minimum absolute atomic E-state index is 0.00418. The SMILES string of the molecule is Cc1cc(CO)nc(C(F)F)c1CCl. The quantitative estimate of drug-likeness (QED) is 0.796. The summed E-state index contributed by atoms with van der Waals surface area (Å²) in [6.07, 6.45) is -2.66. The lowest BCUT2D eigenvalue weighted by molar-refractivity contribution is 0.144. The molecule has 0 atom stereocenters. The Morgan fingerprint density at radius 1 is 1.57 bits per heavy atom. The molecule has 0 amide bonds. The van der Waals surface area contributed by atoms with Crippen LogP contribution in [0, 0.1) is 6.92 Å². The first-order valence-electron chi connectivity index (χ1n) is 4.04. The van der Waals surface area contributed by atoms with Gasteiger partial charge in [0.2, 0.25) is 0 Å². The van der Waals surface area contributed by atoms with Gasteiger partial charge in [-0.15, -0.1) is 11.6 Å². The van der Waals surface area contributed by atoms with Crippen LogP contribution >= 0.6 is 11.6 Å². The first-order chi connectivity index (χ1) is 6.60. The van der Waals surface area contributed by atoms with Crippen molar-refractivity contribution in [1.82, 2.24) is 4.98 Å². The van der Waals surface area contributed by atoms with Gasteiger partial charge in [0.25, 0.3) is 6.43 Å². The number of aliphatic hydroxyl groups excluding tert-OH is 1. The lowest BCUT2D eigenvalue weighted by Gasteiger charge is -2.10. The van der Waals surface area contributed by atoms with Crippen LogP contribution in [0.4, 0.5) is 8.78 Å². The van der Waals surface area contributed by atoms with Gasteiger partial charge in [-0.25, -0.2) is 13.8 Å². The Morgan fingerprint density at radius 3 is 2.64 bits per heavy atom. The molecular formula is C9H10ClF2NO. The summed E-state index contributed by atoms with van der Waals surface area (Å²) in [4.78, 5) is 3.64. The smallest absolute Gasteiger partial charge is 0.280 e. The minimum atomic E-state index is -2.66. The fourth-order valence-electron chi connectivity index (χ4n) is 1.23. The van der Waals surface area contributed by atoms with E-state index in [4.69, 9.17) is 16.7 Å². The van der Waals surface area contributed by atoms with E-state index in [1.165, 1.54) is 0 Å². The second kappa shape index (κ2) is 4.66. The summed E-state index contributed by atoms with van der Waals surface area (Å²) in [5, 5.41) is 8.79. The number of alkyl halides is 3. The van der Waals surface area contributed by atoms with Crippen LogP contribution in [0.5, 0.6) is 0 Å². The summed E-state index contributed by atoms with van der Waals surface area (Å²) in [5.41, 5.74) is 0.893. The summed E-state index contributed by atoms with van der Waals surface area (Å²) < 4.78 is 25.0. The molecule has 5 heteroatoms. The van der Waals surface area contributed by atoms with E-state index >= 15 is 0 Å². The number of halogens is 3. The van der Waals surface area contributed by atoms with Crippen molar-refractivity contribution in [3.8, 4) is 0 Å². The zero-order valence-corrected chi connectivity index (χ0v) is 8.35. The van der Waals surface area contributed by atoms with Crippen molar-refractivity contribution in [2.24, 2.45) is 0 Å². The van der Waals surface area contributed by atoms with Crippen LogP contribution in [0.2, 0.25) is 0 Å². The van der Waals surface area contributed by atoms with Crippen LogP contribution in [-0.4, -0.2) is 10.1 Å². The highest BCUT2D eigenvalue weighted by Gasteiger charge is 2.17. The number of hydrogen-bond acceptors (Lipinski definition) is 2. The molecule has 14 heavy (non-hydrogen) atoms. The average molecular weight is 222 g/mol. The first kappa shape index (κ1) is 11.3. The first-order valence-corrected chi connectivity index (χ1v) is 4.57. The van der Waals surface area contributed by atoms with Gasteiger partial charge in [0, 0.05) is 5.88 Å². The van der Waals surface area contributed by atoms with Gasteiger partial charge in [-0.1, -0.05) is 0 Å². The second-order valence-corrected chi connectivity index (χ2v) is 3.15. The van der Waals surface area contributed by atoms with Crippen LogP contribution in [0.3, 0.4) is 0 Å². The van der Waals surface area contributed by atoms with E-state index in [-0.39, 0.29) is 23.9 Å². The number of rotatable bonds is 3. The fraction of sp³-hybridized carbons (Fsp3) is 0.444. The molecule has 1 aromatic rings. The Bertz CT molecular complexity index is 331. The van der Waals surface area contributed by atoms with E-state index in [9.17, 15) is 8.78 Å². The van der Waals surface area contributed by atoms with Crippen LogP contribution < -0.4 is 0 Å². The van der Waals surface area contributed by atoms with E-state index in [0.717, 1.165) is 0 Å². The molecule has 78 valence electrons. The van der Waals surface area contributed by atoms with Gasteiger partial charge in [0.05, 0.1) is 12.3 Å². The van der Waals surface area contributed by atoms with Crippen LogP contribution in [0.1, 0.15) is 28.9 Å². The maximum absolute atomic E-state index is 12.5. The van der Waals surface area contributed by atoms with Crippen LogP contribution in [0.25, 0.3) is 0 Å². The second-order valence-electron chi connectivity index (χ2n) is 2.89. The van der Waals surface area contributed by atoms with E-state index in [1.54, 1.807) is 13.0 Å². The predicted molar refractivity (Wildman–Crippen MR) is 49.4 cm³/mol. The normalized spacial score (nSPS) is 11.0. The molecule has 0 fully saturated rings. The highest BCUT2D eigenvalue weighted by Crippen LogP contribution is 2.25. The molecule has 1 aromatic heterocycles. The molecule has 0 aromatic carbocycles. The van der Waals surface area contributed by atoms with Crippen molar-refractivity contribution in [1.29, 1.82) is 0 Å².